The normalized spacial score (nSPS) is 10.8. The molecule has 0 saturated carbocycles. The van der Waals surface area contributed by atoms with Gasteiger partial charge in [0, 0.05) is 13.6 Å². The van der Waals surface area contributed by atoms with Crippen molar-refractivity contribution >= 4 is 23.1 Å². The molecular weight excluding hydrogens is 224 g/mol. The van der Waals surface area contributed by atoms with Crippen molar-refractivity contribution in [1.82, 2.24) is 9.88 Å². The van der Waals surface area contributed by atoms with Crippen LogP contribution in [0.2, 0.25) is 5.15 Å². The SMILES string of the molecule is CN(C)CCCN(C)c1nc(Cl)ccc1N. The summed E-state index contributed by atoms with van der Waals surface area (Å²) in [4.78, 5) is 8.41. The summed E-state index contributed by atoms with van der Waals surface area (Å²) in [6.07, 6.45) is 1.07. The maximum absolute atomic E-state index is 5.85. The Labute approximate surface area is 102 Å². The van der Waals surface area contributed by atoms with Crippen molar-refractivity contribution in [3.8, 4) is 0 Å². The number of halogens is 1. The van der Waals surface area contributed by atoms with E-state index in [9.17, 15) is 0 Å². The molecule has 0 aliphatic carbocycles. The summed E-state index contributed by atoms with van der Waals surface area (Å²) >= 11 is 5.84. The fraction of sp³-hybridized carbons (Fsp3) is 0.545. The van der Waals surface area contributed by atoms with Crippen molar-refractivity contribution in [1.29, 1.82) is 0 Å². The van der Waals surface area contributed by atoms with Gasteiger partial charge >= 0.3 is 0 Å². The summed E-state index contributed by atoms with van der Waals surface area (Å²) in [6, 6.07) is 3.49. The maximum atomic E-state index is 5.85. The number of rotatable bonds is 5. The molecule has 1 heterocycles. The van der Waals surface area contributed by atoms with E-state index in [4.69, 9.17) is 17.3 Å². The Balaban J connectivity index is 2.58. The molecular formula is C11H19ClN4. The molecule has 5 heteroatoms. The molecule has 4 nitrogen and oxygen atoms in total. The lowest BCUT2D eigenvalue weighted by molar-refractivity contribution is 0.401. The third kappa shape index (κ3) is 3.87. The molecule has 0 spiro atoms. The fourth-order valence-electron chi connectivity index (χ4n) is 1.47. The molecule has 16 heavy (non-hydrogen) atoms. The van der Waals surface area contributed by atoms with Crippen LogP contribution in [0.5, 0.6) is 0 Å². The van der Waals surface area contributed by atoms with E-state index < -0.39 is 0 Å². The number of pyridine rings is 1. The molecule has 0 aliphatic rings. The third-order valence-electron chi connectivity index (χ3n) is 2.33. The van der Waals surface area contributed by atoms with Gasteiger partial charge in [-0.15, -0.1) is 0 Å². The van der Waals surface area contributed by atoms with Crippen molar-refractivity contribution in [3.05, 3.63) is 17.3 Å². The lowest BCUT2D eigenvalue weighted by atomic mass is 10.3. The van der Waals surface area contributed by atoms with Crippen molar-refractivity contribution in [3.63, 3.8) is 0 Å². The molecule has 0 bridgehead atoms. The third-order valence-corrected chi connectivity index (χ3v) is 2.54. The summed E-state index contributed by atoms with van der Waals surface area (Å²) in [5.41, 5.74) is 6.51. The first-order valence-corrected chi connectivity index (χ1v) is 5.66. The highest BCUT2D eigenvalue weighted by molar-refractivity contribution is 6.29. The van der Waals surface area contributed by atoms with Crippen LogP contribution in [0.1, 0.15) is 6.42 Å². The van der Waals surface area contributed by atoms with Crippen LogP contribution in [0.25, 0.3) is 0 Å². The molecule has 0 aliphatic heterocycles. The van der Waals surface area contributed by atoms with Crippen molar-refractivity contribution in [2.75, 3.05) is 44.9 Å². The molecule has 2 N–H and O–H groups in total. The van der Waals surface area contributed by atoms with Gasteiger partial charge in [0.1, 0.15) is 5.15 Å². The predicted octanol–water partition coefficient (Wildman–Crippen LogP) is 1.71. The van der Waals surface area contributed by atoms with E-state index in [0.717, 1.165) is 25.3 Å². The van der Waals surface area contributed by atoms with Gasteiger partial charge < -0.3 is 15.5 Å². The Morgan fingerprint density at radius 2 is 1.94 bits per heavy atom. The van der Waals surface area contributed by atoms with Gasteiger partial charge in [-0.05, 0) is 39.2 Å². The minimum Gasteiger partial charge on any atom is -0.396 e. The smallest absolute Gasteiger partial charge is 0.153 e. The fourth-order valence-corrected chi connectivity index (χ4v) is 1.61. The minimum absolute atomic E-state index is 0.476. The first-order chi connectivity index (χ1) is 7.50. The van der Waals surface area contributed by atoms with E-state index in [0.29, 0.717) is 10.8 Å². The number of nitrogens with two attached hydrogens (primary N) is 1. The number of nitrogen functional groups attached to an aromatic ring is 1. The van der Waals surface area contributed by atoms with Crippen LogP contribution >= 0.6 is 11.6 Å². The molecule has 0 radical (unpaired) electrons. The Morgan fingerprint density at radius 1 is 1.25 bits per heavy atom. The highest BCUT2D eigenvalue weighted by Crippen LogP contribution is 2.21. The van der Waals surface area contributed by atoms with E-state index in [1.165, 1.54) is 0 Å². The van der Waals surface area contributed by atoms with E-state index in [-0.39, 0.29) is 0 Å². The summed E-state index contributed by atoms with van der Waals surface area (Å²) in [5, 5.41) is 0.476. The average molecular weight is 243 g/mol. The molecule has 1 aromatic heterocycles. The van der Waals surface area contributed by atoms with Crippen LogP contribution < -0.4 is 10.6 Å². The summed E-state index contributed by atoms with van der Waals surface area (Å²) < 4.78 is 0. The molecule has 0 unspecified atom stereocenters. The number of aromatic nitrogens is 1. The predicted molar refractivity (Wildman–Crippen MR) is 70.1 cm³/mol. The highest BCUT2D eigenvalue weighted by atomic mass is 35.5. The standard InChI is InChI=1S/C11H19ClN4/c1-15(2)7-4-8-16(3)11-9(13)5-6-10(12)14-11/h5-6H,4,7-8,13H2,1-3H3. The largest absolute Gasteiger partial charge is 0.396 e. The second-order valence-electron chi connectivity index (χ2n) is 4.13. The van der Waals surface area contributed by atoms with Crippen LogP contribution in [0.3, 0.4) is 0 Å². The average Bonchev–Trinajstić information content (AvgIpc) is 2.21. The molecule has 1 aromatic rings. The Kier molecular flexibility index (Phi) is 4.83. The Morgan fingerprint density at radius 3 is 2.56 bits per heavy atom. The second kappa shape index (κ2) is 5.92. The molecule has 0 saturated heterocycles. The summed E-state index contributed by atoms with van der Waals surface area (Å²) in [5.74, 6) is 0.756. The molecule has 0 amide bonds. The Bertz CT molecular complexity index is 341. The van der Waals surface area contributed by atoms with E-state index in [2.05, 4.69) is 24.0 Å². The monoisotopic (exact) mass is 242 g/mol. The van der Waals surface area contributed by atoms with Crippen LogP contribution in [0, 0.1) is 0 Å². The van der Waals surface area contributed by atoms with Crippen molar-refractivity contribution < 1.29 is 0 Å². The van der Waals surface area contributed by atoms with Gasteiger partial charge in [-0.25, -0.2) is 4.98 Å². The quantitative estimate of drug-likeness (QED) is 0.799. The number of hydrogen-bond acceptors (Lipinski definition) is 4. The zero-order chi connectivity index (χ0) is 12.1. The van der Waals surface area contributed by atoms with E-state index in [1.54, 1.807) is 12.1 Å². The highest BCUT2D eigenvalue weighted by Gasteiger charge is 2.07. The van der Waals surface area contributed by atoms with Crippen LogP contribution in [-0.4, -0.2) is 44.1 Å². The summed E-state index contributed by atoms with van der Waals surface area (Å²) in [6.45, 7) is 1.96. The minimum atomic E-state index is 0.476. The molecule has 0 fully saturated rings. The van der Waals surface area contributed by atoms with Gasteiger partial charge in [0.05, 0.1) is 5.69 Å². The maximum Gasteiger partial charge on any atom is 0.153 e. The van der Waals surface area contributed by atoms with Crippen molar-refractivity contribution in [2.45, 2.75) is 6.42 Å². The van der Waals surface area contributed by atoms with Crippen LogP contribution in [-0.2, 0) is 0 Å². The molecule has 90 valence electrons. The zero-order valence-electron chi connectivity index (χ0n) is 10.1. The Hall–Kier alpha value is -1.00. The van der Waals surface area contributed by atoms with E-state index in [1.807, 2.05) is 11.9 Å². The van der Waals surface area contributed by atoms with Gasteiger partial charge in [0.2, 0.25) is 0 Å². The number of hydrogen-bond donors (Lipinski definition) is 1. The number of nitrogens with zero attached hydrogens (tertiary/aromatic N) is 3. The number of anilines is 2. The van der Waals surface area contributed by atoms with Gasteiger partial charge in [-0.2, -0.15) is 0 Å². The molecule has 0 atom stereocenters. The lowest BCUT2D eigenvalue weighted by Crippen LogP contribution is -2.24. The van der Waals surface area contributed by atoms with Crippen molar-refractivity contribution in [2.24, 2.45) is 0 Å². The topological polar surface area (TPSA) is 45.4 Å². The first kappa shape index (κ1) is 13.1. The second-order valence-corrected chi connectivity index (χ2v) is 4.51. The van der Waals surface area contributed by atoms with Gasteiger partial charge in [-0.3, -0.25) is 0 Å². The van der Waals surface area contributed by atoms with Gasteiger partial charge in [0.15, 0.2) is 5.82 Å². The van der Waals surface area contributed by atoms with Crippen LogP contribution in [0.15, 0.2) is 12.1 Å². The lowest BCUT2D eigenvalue weighted by Gasteiger charge is -2.20. The zero-order valence-corrected chi connectivity index (χ0v) is 10.8. The van der Waals surface area contributed by atoms with E-state index >= 15 is 0 Å². The summed E-state index contributed by atoms with van der Waals surface area (Å²) in [7, 11) is 6.10. The molecule has 1 rings (SSSR count). The molecule has 0 aromatic carbocycles. The van der Waals surface area contributed by atoms with Crippen LogP contribution in [0.4, 0.5) is 11.5 Å². The van der Waals surface area contributed by atoms with Gasteiger partial charge in [0.25, 0.3) is 0 Å². The van der Waals surface area contributed by atoms with Gasteiger partial charge in [-0.1, -0.05) is 11.6 Å². The first-order valence-electron chi connectivity index (χ1n) is 5.28.